The van der Waals surface area contributed by atoms with Crippen LogP contribution >= 0.6 is 0 Å². The van der Waals surface area contributed by atoms with Gasteiger partial charge < -0.3 is 15.0 Å². The van der Waals surface area contributed by atoms with Crippen LogP contribution in [0.5, 0.6) is 0 Å². The van der Waals surface area contributed by atoms with Gasteiger partial charge in [-0.2, -0.15) is 0 Å². The molecule has 6 heteroatoms. The molecule has 1 aliphatic rings. The first-order valence-electron chi connectivity index (χ1n) is 7.94. The van der Waals surface area contributed by atoms with Gasteiger partial charge in [0.2, 0.25) is 0 Å². The van der Waals surface area contributed by atoms with Crippen LogP contribution in [0.1, 0.15) is 22.9 Å². The number of nitrogens with one attached hydrogen (secondary N) is 1. The molecular formula is C18H20FN3O2. The van der Waals surface area contributed by atoms with Gasteiger partial charge in [0.25, 0.3) is 0 Å². The molecule has 5 nitrogen and oxygen atoms in total. The molecule has 0 bridgehead atoms. The minimum Gasteiger partial charge on any atom is -0.370 e. The van der Waals surface area contributed by atoms with Crippen LogP contribution in [0, 0.1) is 12.7 Å². The third-order valence-corrected chi connectivity index (χ3v) is 4.02. The summed E-state index contributed by atoms with van der Waals surface area (Å²) in [6.07, 6.45) is 1.31. The molecule has 1 fully saturated rings. The number of nitrogens with zero attached hydrogens (tertiary/aromatic N) is 2. The third-order valence-electron chi connectivity index (χ3n) is 4.02. The Balaban J connectivity index is 1.59. The number of carbonyl (C=O) groups excluding carboxylic acids is 1. The van der Waals surface area contributed by atoms with Crippen molar-refractivity contribution in [2.24, 2.45) is 0 Å². The summed E-state index contributed by atoms with van der Waals surface area (Å²) in [6, 6.07) is 10.2. The molecule has 0 radical (unpaired) electrons. The number of ether oxygens (including phenoxy) is 1. The highest BCUT2D eigenvalue weighted by Gasteiger charge is 2.26. The van der Waals surface area contributed by atoms with Gasteiger partial charge in [0.15, 0.2) is 0 Å². The third kappa shape index (κ3) is 3.89. The zero-order valence-electron chi connectivity index (χ0n) is 13.5. The molecule has 3 rings (SSSR count). The molecule has 2 heterocycles. The molecule has 0 saturated carbocycles. The summed E-state index contributed by atoms with van der Waals surface area (Å²) in [4.78, 5) is 18.2. The Morgan fingerprint density at radius 1 is 1.38 bits per heavy atom. The average molecular weight is 329 g/mol. The van der Waals surface area contributed by atoms with Gasteiger partial charge in [-0.1, -0.05) is 24.3 Å². The van der Waals surface area contributed by atoms with E-state index in [0.29, 0.717) is 31.8 Å². The maximum absolute atomic E-state index is 13.9. The largest absolute Gasteiger partial charge is 0.370 e. The smallest absolute Gasteiger partial charge is 0.317 e. The number of aryl methyl sites for hydroxylation is 1. The van der Waals surface area contributed by atoms with Gasteiger partial charge in [0.1, 0.15) is 11.9 Å². The van der Waals surface area contributed by atoms with E-state index in [9.17, 15) is 9.18 Å². The van der Waals surface area contributed by atoms with Crippen molar-refractivity contribution in [3.8, 4) is 0 Å². The number of hydrogen-bond acceptors (Lipinski definition) is 3. The van der Waals surface area contributed by atoms with E-state index in [2.05, 4.69) is 10.3 Å². The quantitative estimate of drug-likeness (QED) is 0.942. The van der Waals surface area contributed by atoms with E-state index in [1.54, 1.807) is 29.3 Å². The summed E-state index contributed by atoms with van der Waals surface area (Å²) in [7, 11) is 0. The number of morpholine rings is 1. The van der Waals surface area contributed by atoms with Crippen molar-refractivity contribution in [1.29, 1.82) is 0 Å². The zero-order valence-corrected chi connectivity index (χ0v) is 13.5. The molecule has 1 atom stereocenters. The highest BCUT2D eigenvalue weighted by Crippen LogP contribution is 2.24. The summed E-state index contributed by atoms with van der Waals surface area (Å²) in [5.74, 6) is -0.310. The Bertz CT molecular complexity index is 706. The van der Waals surface area contributed by atoms with E-state index in [1.165, 1.54) is 6.07 Å². The minimum absolute atomic E-state index is 0.180. The molecule has 126 valence electrons. The van der Waals surface area contributed by atoms with Crippen LogP contribution in [0.3, 0.4) is 0 Å². The number of amides is 2. The van der Waals surface area contributed by atoms with Crippen molar-refractivity contribution < 1.29 is 13.9 Å². The topological polar surface area (TPSA) is 54.5 Å². The molecule has 2 amide bonds. The van der Waals surface area contributed by atoms with Crippen molar-refractivity contribution in [2.45, 2.75) is 19.6 Å². The van der Waals surface area contributed by atoms with Crippen LogP contribution in [0.2, 0.25) is 0 Å². The first-order chi connectivity index (χ1) is 11.6. The Labute approximate surface area is 140 Å². The number of halogens is 1. The van der Waals surface area contributed by atoms with Crippen LogP contribution in [0.25, 0.3) is 0 Å². The normalized spacial score (nSPS) is 17.6. The minimum atomic E-state index is -0.438. The zero-order chi connectivity index (χ0) is 16.9. The summed E-state index contributed by atoms with van der Waals surface area (Å²) >= 11 is 0. The molecule has 2 aromatic rings. The second-order valence-electron chi connectivity index (χ2n) is 5.79. The molecule has 1 aromatic carbocycles. The molecule has 1 aromatic heterocycles. The molecule has 0 aliphatic carbocycles. The molecule has 1 aliphatic heterocycles. The highest BCUT2D eigenvalue weighted by atomic mass is 19.1. The van der Waals surface area contributed by atoms with Gasteiger partial charge in [-0.25, -0.2) is 9.18 Å². The number of carbonyl (C=O) groups is 1. The summed E-state index contributed by atoms with van der Waals surface area (Å²) in [5.41, 5.74) is 2.36. The van der Waals surface area contributed by atoms with Crippen molar-refractivity contribution in [3.63, 3.8) is 0 Å². The fourth-order valence-corrected chi connectivity index (χ4v) is 2.65. The van der Waals surface area contributed by atoms with Gasteiger partial charge >= 0.3 is 6.03 Å². The highest BCUT2D eigenvalue weighted by molar-refractivity contribution is 5.74. The number of benzene rings is 1. The fraction of sp³-hybridized carbons (Fsp3) is 0.333. The van der Waals surface area contributed by atoms with Crippen molar-refractivity contribution in [2.75, 3.05) is 19.7 Å². The van der Waals surface area contributed by atoms with Crippen molar-refractivity contribution >= 4 is 6.03 Å². The second kappa shape index (κ2) is 7.40. The van der Waals surface area contributed by atoms with Gasteiger partial charge in [-0.3, -0.25) is 4.98 Å². The van der Waals surface area contributed by atoms with Crippen LogP contribution in [-0.2, 0) is 11.3 Å². The lowest BCUT2D eigenvalue weighted by Crippen LogP contribution is -2.47. The van der Waals surface area contributed by atoms with Crippen LogP contribution < -0.4 is 5.32 Å². The molecular weight excluding hydrogens is 309 g/mol. The SMILES string of the molecule is Cc1ccc(CNC(=O)N2CCO[C@@H](c3ccccc3F)C2)cn1. The Morgan fingerprint density at radius 3 is 2.96 bits per heavy atom. The molecule has 0 unspecified atom stereocenters. The monoisotopic (exact) mass is 329 g/mol. The fourth-order valence-electron chi connectivity index (χ4n) is 2.65. The van der Waals surface area contributed by atoms with Gasteiger partial charge in [0.05, 0.1) is 13.2 Å². The van der Waals surface area contributed by atoms with E-state index in [4.69, 9.17) is 4.74 Å². The standard InChI is InChI=1S/C18H20FN3O2/c1-13-6-7-14(10-20-13)11-21-18(23)22-8-9-24-17(12-22)15-4-2-3-5-16(15)19/h2-7,10,17H,8-9,11-12H2,1H3,(H,21,23)/t17-/m1/s1. The van der Waals surface area contributed by atoms with Crippen LogP contribution in [0.15, 0.2) is 42.6 Å². The Kier molecular flexibility index (Phi) is 5.05. The lowest BCUT2D eigenvalue weighted by atomic mass is 10.1. The lowest BCUT2D eigenvalue weighted by molar-refractivity contribution is -0.0171. The lowest BCUT2D eigenvalue weighted by Gasteiger charge is -2.33. The first kappa shape index (κ1) is 16.4. The van der Waals surface area contributed by atoms with E-state index in [1.807, 2.05) is 19.1 Å². The number of pyridine rings is 1. The van der Waals surface area contributed by atoms with Crippen LogP contribution in [-0.4, -0.2) is 35.6 Å². The molecule has 24 heavy (non-hydrogen) atoms. The van der Waals surface area contributed by atoms with Gasteiger partial charge in [-0.05, 0) is 24.6 Å². The van der Waals surface area contributed by atoms with Crippen LogP contribution in [0.4, 0.5) is 9.18 Å². The first-order valence-corrected chi connectivity index (χ1v) is 7.94. The number of aromatic nitrogens is 1. The average Bonchev–Trinajstić information content (AvgIpc) is 2.61. The van der Waals surface area contributed by atoms with Gasteiger partial charge in [0, 0.05) is 30.5 Å². The van der Waals surface area contributed by atoms with E-state index < -0.39 is 6.10 Å². The maximum Gasteiger partial charge on any atom is 0.317 e. The van der Waals surface area contributed by atoms with Gasteiger partial charge in [-0.15, -0.1) is 0 Å². The Hall–Kier alpha value is -2.47. The van der Waals surface area contributed by atoms with E-state index in [0.717, 1.165) is 11.3 Å². The Morgan fingerprint density at radius 2 is 2.21 bits per heavy atom. The summed E-state index contributed by atoms with van der Waals surface area (Å²) in [6.45, 7) is 3.53. The summed E-state index contributed by atoms with van der Waals surface area (Å²) in [5, 5.41) is 2.87. The van der Waals surface area contributed by atoms with Crippen molar-refractivity contribution in [3.05, 3.63) is 65.2 Å². The maximum atomic E-state index is 13.9. The number of rotatable bonds is 3. The predicted molar refractivity (Wildman–Crippen MR) is 87.9 cm³/mol. The number of hydrogen-bond donors (Lipinski definition) is 1. The van der Waals surface area contributed by atoms with E-state index in [-0.39, 0.29) is 11.8 Å². The van der Waals surface area contributed by atoms with E-state index >= 15 is 0 Å². The second-order valence-corrected chi connectivity index (χ2v) is 5.79. The molecule has 1 N–H and O–H groups in total. The summed E-state index contributed by atoms with van der Waals surface area (Å²) < 4.78 is 19.5. The molecule has 0 spiro atoms. The van der Waals surface area contributed by atoms with Crippen molar-refractivity contribution in [1.82, 2.24) is 15.2 Å². The molecule has 1 saturated heterocycles. The number of urea groups is 1. The predicted octanol–water partition coefficient (Wildman–Crippen LogP) is 2.81.